The Bertz CT molecular complexity index is 212. The molecule has 2 N–H and O–H groups in total. The van der Waals surface area contributed by atoms with Gasteiger partial charge in [0.25, 0.3) is 0 Å². The van der Waals surface area contributed by atoms with Crippen LogP contribution < -0.4 is 5.73 Å². The second kappa shape index (κ2) is 6.81. The van der Waals surface area contributed by atoms with Crippen LogP contribution in [0.4, 0.5) is 0 Å². The molecule has 0 aromatic carbocycles. The molecule has 0 aliphatic heterocycles. The van der Waals surface area contributed by atoms with Gasteiger partial charge in [0.1, 0.15) is 6.10 Å². The first kappa shape index (κ1) is 12.5. The summed E-state index contributed by atoms with van der Waals surface area (Å²) in [6.45, 7) is 3.46. The molecule has 15 heavy (non-hydrogen) atoms. The van der Waals surface area contributed by atoms with Crippen LogP contribution >= 0.6 is 0 Å². The van der Waals surface area contributed by atoms with Crippen molar-refractivity contribution in [3.8, 4) is 6.07 Å². The monoisotopic (exact) mass is 210 g/mol. The van der Waals surface area contributed by atoms with Crippen molar-refractivity contribution in [2.75, 3.05) is 13.2 Å². The fourth-order valence-electron chi connectivity index (χ4n) is 2.30. The van der Waals surface area contributed by atoms with E-state index >= 15 is 0 Å². The number of hydrogen-bond donors (Lipinski definition) is 1. The summed E-state index contributed by atoms with van der Waals surface area (Å²) in [6.07, 6.45) is 5.57. The largest absolute Gasteiger partial charge is 0.363 e. The van der Waals surface area contributed by atoms with E-state index in [4.69, 9.17) is 15.7 Å². The van der Waals surface area contributed by atoms with Crippen molar-refractivity contribution in [1.29, 1.82) is 5.26 Å². The predicted molar refractivity (Wildman–Crippen MR) is 60.1 cm³/mol. The van der Waals surface area contributed by atoms with Gasteiger partial charge in [-0.15, -0.1) is 0 Å². The molecule has 1 rings (SSSR count). The predicted octanol–water partition coefficient (Wildman–Crippen LogP) is 2.07. The average molecular weight is 210 g/mol. The summed E-state index contributed by atoms with van der Waals surface area (Å²) in [7, 11) is 0. The lowest BCUT2D eigenvalue weighted by Gasteiger charge is -2.30. The minimum absolute atomic E-state index is 0.231. The third-order valence-electron chi connectivity index (χ3n) is 3.40. The minimum atomic E-state index is -0.231. The van der Waals surface area contributed by atoms with Gasteiger partial charge in [-0.05, 0) is 37.6 Å². The normalized spacial score (nSPS) is 28.3. The molecule has 3 unspecified atom stereocenters. The molecule has 0 spiro atoms. The number of ether oxygens (including phenoxy) is 1. The fourth-order valence-corrected chi connectivity index (χ4v) is 2.30. The summed E-state index contributed by atoms with van der Waals surface area (Å²) < 4.78 is 5.60. The highest BCUT2D eigenvalue weighted by Crippen LogP contribution is 2.29. The zero-order chi connectivity index (χ0) is 11.1. The van der Waals surface area contributed by atoms with E-state index in [9.17, 15) is 0 Å². The van der Waals surface area contributed by atoms with Gasteiger partial charge in [0.05, 0.1) is 12.7 Å². The second-order valence-corrected chi connectivity index (χ2v) is 4.40. The van der Waals surface area contributed by atoms with Crippen LogP contribution in [0.3, 0.4) is 0 Å². The van der Waals surface area contributed by atoms with Gasteiger partial charge in [-0.2, -0.15) is 5.26 Å². The van der Waals surface area contributed by atoms with Gasteiger partial charge in [-0.25, -0.2) is 0 Å². The molecule has 1 aliphatic carbocycles. The van der Waals surface area contributed by atoms with Crippen LogP contribution in [0.2, 0.25) is 0 Å². The van der Waals surface area contributed by atoms with Gasteiger partial charge in [0.2, 0.25) is 0 Å². The molecule has 3 nitrogen and oxygen atoms in total. The van der Waals surface area contributed by atoms with Crippen molar-refractivity contribution >= 4 is 0 Å². The number of hydrogen-bond acceptors (Lipinski definition) is 3. The van der Waals surface area contributed by atoms with Crippen molar-refractivity contribution < 1.29 is 4.74 Å². The molecule has 3 atom stereocenters. The fraction of sp³-hybridized carbons (Fsp3) is 0.917. The van der Waals surface area contributed by atoms with Crippen LogP contribution in [0, 0.1) is 23.2 Å². The van der Waals surface area contributed by atoms with Gasteiger partial charge in [0, 0.05) is 0 Å². The first-order chi connectivity index (χ1) is 7.31. The van der Waals surface area contributed by atoms with Crippen LogP contribution in [-0.4, -0.2) is 19.3 Å². The van der Waals surface area contributed by atoms with Crippen LogP contribution in [-0.2, 0) is 4.74 Å². The smallest absolute Gasteiger partial charge is 0.143 e. The van der Waals surface area contributed by atoms with Crippen molar-refractivity contribution in [2.24, 2.45) is 17.6 Å². The maximum atomic E-state index is 8.78. The first-order valence-corrected chi connectivity index (χ1v) is 6.03. The SMILES string of the molecule is CCC(C#N)OCC1CCCCC1CN. The maximum absolute atomic E-state index is 8.78. The Morgan fingerprint density at radius 2 is 2.07 bits per heavy atom. The molecule has 86 valence electrons. The molecular weight excluding hydrogens is 188 g/mol. The Morgan fingerprint density at radius 1 is 1.40 bits per heavy atom. The Hall–Kier alpha value is -0.590. The maximum Gasteiger partial charge on any atom is 0.143 e. The van der Waals surface area contributed by atoms with Crippen molar-refractivity contribution in [3.05, 3.63) is 0 Å². The molecule has 0 saturated heterocycles. The Kier molecular flexibility index (Phi) is 5.67. The average Bonchev–Trinajstić information content (AvgIpc) is 2.31. The Labute approximate surface area is 92.6 Å². The van der Waals surface area contributed by atoms with E-state index in [0.29, 0.717) is 18.4 Å². The lowest BCUT2D eigenvalue weighted by molar-refractivity contribution is 0.0303. The third kappa shape index (κ3) is 3.81. The number of rotatable bonds is 5. The summed E-state index contributed by atoms with van der Waals surface area (Å²) in [4.78, 5) is 0. The summed E-state index contributed by atoms with van der Waals surface area (Å²) in [6, 6.07) is 2.17. The van der Waals surface area contributed by atoms with Crippen molar-refractivity contribution in [3.63, 3.8) is 0 Å². The standard InChI is InChI=1S/C12H22N2O/c1-2-12(8-14)15-9-11-6-4-3-5-10(11)7-13/h10-12H,2-7,9,13H2,1H3. The molecule has 3 heteroatoms. The summed E-state index contributed by atoms with van der Waals surface area (Å²) in [5.74, 6) is 1.18. The van der Waals surface area contributed by atoms with Crippen LogP contribution in [0.25, 0.3) is 0 Å². The highest BCUT2D eigenvalue weighted by molar-refractivity contribution is 4.84. The van der Waals surface area contributed by atoms with Gasteiger partial charge >= 0.3 is 0 Å². The van der Waals surface area contributed by atoms with E-state index in [1.54, 1.807) is 0 Å². The van der Waals surface area contributed by atoms with E-state index < -0.39 is 0 Å². The number of nitrogens with zero attached hydrogens (tertiary/aromatic N) is 1. The molecular formula is C12H22N2O. The lowest BCUT2D eigenvalue weighted by atomic mass is 9.80. The Balaban J connectivity index is 2.32. The molecule has 0 aromatic rings. The highest BCUT2D eigenvalue weighted by atomic mass is 16.5. The molecule has 1 fully saturated rings. The molecule has 0 aromatic heterocycles. The van der Waals surface area contributed by atoms with Gasteiger partial charge in [-0.1, -0.05) is 19.8 Å². The summed E-state index contributed by atoms with van der Waals surface area (Å²) in [5.41, 5.74) is 5.74. The van der Waals surface area contributed by atoms with E-state index in [1.807, 2.05) is 6.92 Å². The van der Waals surface area contributed by atoms with E-state index in [-0.39, 0.29) is 6.10 Å². The van der Waals surface area contributed by atoms with Crippen molar-refractivity contribution in [2.45, 2.75) is 45.1 Å². The first-order valence-electron chi connectivity index (χ1n) is 6.03. The topological polar surface area (TPSA) is 59.0 Å². The second-order valence-electron chi connectivity index (χ2n) is 4.40. The molecule has 0 amide bonds. The number of nitriles is 1. The number of nitrogens with two attached hydrogens (primary N) is 1. The third-order valence-corrected chi connectivity index (χ3v) is 3.40. The van der Waals surface area contributed by atoms with Gasteiger partial charge < -0.3 is 10.5 Å². The zero-order valence-corrected chi connectivity index (χ0v) is 9.61. The molecule has 0 heterocycles. The molecule has 1 aliphatic rings. The van der Waals surface area contributed by atoms with Gasteiger partial charge in [-0.3, -0.25) is 0 Å². The van der Waals surface area contributed by atoms with Gasteiger partial charge in [0.15, 0.2) is 0 Å². The van der Waals surface area contributed by atoms with Crippen LogP contribution in [0.1, 0.15) is 39.0 Å². The van der Waals surface area contributed by atoms with Crippen LogP contribution in [0.5, 0.6) is 0 Å². The Morgan fingerprint density at radius 3 is 2.60 bits per heavy atom. The molecule has 0 radical (unpaired) electrons. The lowest BCUT2D eigenvalue weighted by Crippen LogP contribution is -2.31. The van der Waals surface area contributed by atoms with Crippen molar-refractivity contribution in [1.82, 2.24) is 0 Å². The quantitative estimate of drug-likeness (QED) is 0.755. The molecule has 0 bridgehead atoms. The van der Waals surface area contributed by atoms with E-state index in [2.05, 4.69) is 6.07 Å². The zero-order valence-electron chi connectivity index (χ0n) is 9.61. The highest BCUT2D eigenvalue weighted by Gasteiger charge is 2.24. The van der Waals surface area contributed by atoms with E-state index in [1.165, 1.54) is 25.7 Å². The summed E-state index contributed by atoms with van der Waals surface area (Å²) >= 11 is 0. The summed E-state index contributed by atoms with van der Waals surface area (Å²) in [5, 5.41) is 8.78. The molecule has 1 saturated carbocycles. The minimum Gasteiger partial charge on any atom is -0.363 e. The van der Waals surface area contributed by atoms with Crippen LogP contribution in [0.15, 0.2) is 0 Å². The van der Waals surface area contributed by atoms with E-state index in [0.717, 1.165) is 13.0 Å².